The first-order chi connectivity index (χ1) is 16.4. The maximum Gasteiger partial charge on any atom is 0.408 e. The predicted octanol–water partition coefficient (Wildman–Crippen LogP) is 6.03. The van der Waals surface area contributed by atoms with E-state index >= 15 is 0 Å². The van der Waals surface area contributed by atoms with E-state index in [0.29, 0.717) is 10.0 Å². The number of hydrogen-bond donors (Lipinski definition) is 1. The van der Waals surface area contributed by atoms with Crippen LogP contribution in [0.4, 0.5) is 4.79 Å². The first-order valence-electron chi connectivity index (χ1n) is 10.5. The molecule has 2 rings (SSSR count). The highest BCUT2D eigenvalue weighted by atomic mass is 35.5. The van der Waals surface area contributed by atoms with E-state index in [9.17, 15) is 9.59 Å². The van der Waals surface area contributed by atoms with E-state index in [2.05, 4.69) is 5.32 Å². The summed E-state index contributed by atoms with van der Waals surface area (Å²) in [5.41, 5.74) is 0.821. The van der Waals surface area contributed by atoms with Crippen molar-refractivity contribution in [3.05, 3.63) is 69.7 Å². The number of nitrogens with one attached hydrogen (secondary N) is 1. The standard InChI is InChI=1S/C23H28Cl2NO7PS/c1-23(2,3)33-22(28)26-20(21(27)29-4)15-32-34(35,30-13-16-5-9-18(24)10-6-16)31-14-17-7-11-19(25)12-8-17/h5-12,20H,13-15H2,1-4H3,(H,26,28)/t20-/m0/s1. The molecule has 1 N–H and O–H groups in total. The summed E-state index contributed by atoms with van der Waals surface area (Å²) in [4.78, 5) is 24.4. The fourth-order valence-electron chi connectivity index (χ4n) is 2.51. The lowest BCUT2D eigenvalue weighted by Gasteiger charge is -2.25. The van der Waals surface area contributed by atoms with Crippen LogP contribution < -0.4 is 5.32 Å². The van der Waals surface area contributed by atoms with E-state index in [4.69, 9.17) is 58.1 Å². The number of esters is 1. The molecule has 0 aliphatic heterocycles. The zero-order valence-corrected chi connectivity index (χ0v) is 23.0. The fraction of sp³-hybridized carbons (Fsp3) is 0.391. The topological polar surface area (TPSA) is 92.3 Å². The van der Waals surface area contributed by atoms with Crippen LogP contribution in [0.5, 0.6) is 0 Å². The average molecular weight is 564 g/mol. The molecule has 2 aromatic rings. The van der Waals surface area contributed by atoms with Gasteiger partial charge in [-0.3, -0.25) is 0 Å². The van der Waals surface area contributed by atoms with Crippen molar-refractivity contribution in [3.63, 3.8) is 0 Å². The summed E-state index contributed by atoms with van der Waals surface area (Å²) in [7, 11) is 1.19. The van der Waals surface area contributed by atoms with Crippen molar-refractivity contribution in [2.45, 2.75) is 45.6 Å². The zero-order valence-electron chi connectivity index (χ0n) is 19.8. The van der Waals surface area contributed by atoms with Crippen molar-refractivity contribution in [2.75, 3.05) is 13.7 Å². The fourth-order valence-corrected chi connectivity index (χ4v) is 4.43. The summed E-state index contributed by atoms with van der Waals surface area (Å²) in [5, 5.41) is 3.59. The molecule has 0 aromatic heterocycles. The molecule has 1 atom stereocenters. The van der Waals surface area contributed by atoms with Crippen LogP contribution in [-0.2, 0) is 52.9 Å². The third kappa shape index (κ3) is 11.3. The van der Waals surface area contributed by atoms with Crippen LogP contribution >= 0.6 is 29.9 Å². The number of rotatable bonds is 11. The van der Waals surface area contributed by atoms with Gasteiger partial charge in [0.05, 0.1) is 26.9 Å². The molecule has 1 amide bonds. The second kappa shape index (κ2) is 13.6. The first kappa shape index (κ1) is 29.5. The molecule has 0 aliphatic carbocycles. The number of ether oxygens (including phenoxy) is 2. The van der Waals surface area contributed by atoms with Gasteiger partial charge in [-0.25, -0.2) is 9.59 Å². The second-order valence-electron chi connectivity index (χ2n) is 8.26. The van der Waals surface area contributed by atoms with Crippen molar-refractivity contribution >= 4 is 53.8 Å². The Morgan fingerprint density at radius 2 is 1.37 bits per heavy atom. The number of amides is 1. The summed E-state index contributed by atoms with van der Waals surface area (Å²) < 4.78 is 27.5. The summed E-state index contributed by atoms with van der Waals surface area (Å²) >= 11 is 17.5. The van der Waals surface area contributed by atoms with Gasteiger partial charge in [-0.15, -0.1) is 0 Å². The number of benzene rings is 2. The minimum atomic E-state index is -3.39. The van der Waals surface area contributed by atoms with Crippen LogP contribution in [0, 0.1) is 0 Å². The molecule has 0 bridgehead atoms. The van der Waals surface area contributed by atoms with Gasteiger partial charge in [-0.2, -0.15) is 0 Å². The quantitative estimate of drug-likeness (QED) is 0.261. The molecule has 0 aliphatic rings. The molecule has 2 aromatic carbocycles. The van der Waals surface area contributed by atoms with Gasteiger partial charge in [0, 0.05) is 10.0 Å². The Morgan fingerprint density at radius 1 is 0.914 bits per heavy atom. The maximum atomic E-state index is 12.3. The minimum Gasteiger partial charge on any atom is -0.467 e. The van der Waals surface area contributed by atoms with Gasteiger partial charge in [0.1, 0.15) is 5.60 Å². The van der Waals surface area contributed by atoms with Crippen LogP contribution in [-0.4, -0.2) is 37.4 Å². The number of alkyl carbamates (subject to hydrolysis) is 1. The lowest BCUT2D eigenvalue weighted by Crippen LogP contribution is -2.46. The lowest BCUT2D eigenvalue weighted by atomic mass is 10.2. The van der Waals surface area contributed by atoms with Gasteiger partial charge in [-0.1, -0.05) is 47.5 Å². The third-order valence-electron chi connectivity index (χ3n) is 4.18. The number of halogens is 2. The predicted molar refractivity (Wildman–Crippen MR) is 138 cm³/mol. The Balaban J connectivity index is 2.13. The summed E-state index contributed by atoms with van der Waals surface area (Å²) in [6.07, 6.45) is -0.811. The van der Waals surface area contributed by atoms with Crippen LogP contribution in [0.15, 0.2) is 48.5 Å². The van der Waals surface area contributed by atoms with Crippen molar-refractivity contribution in [1.82, 2.24) is 5.32 Å². The number of carbonyl (C=O) groups excluding carboxylic acids is 2. The SMILES string of the molecule is COC(=O)[C@H](COP(=S)(OCc1ccc(Cl)cc1)OCc1ccc(Cl)cc1)NC(=O)OC(C)(C)C. The van der Waals surface area contributed by atoms with Crippen LogP contribution in [0.3, 0.4) is 0 Å². The van der Waals surface area contributed by atoms with Crippen LogP contribution in [0.2, 0.25) is 10.0 Å². The third-order valence-corrected chi connectivity index (χ3v) is 6.99. The molecular formula is C23H28Cl2NO7PS. The molecule has 0 radical (unpaired) electrons. The van der Waals surface area contributed by atoms with Crippen molar-refractivity contribution in [2.24, 2.45) is 0 Å². The molecular weight excluding hydrogens is 536 g/mol. The molecule has 0 saturated heterocycles. The van der Waals surface area contributed by atoms with E-state index in [-0.39, 0.29) is 19.8 Å². The Labute approximate surface area is 220 Å². The van der Waals surface area contributed by atoms with Crippen molar-refractivity contribution in [1.29, 1.82) is 0 Å². The van der Waals surface area contributed by atoms with Gasteiger partial charge in [0.15, 0.2) is 6.04 Å². The Hall–Kier alpha value is -1.71. The highest BCUT2D eigenvalue weighted by Gasteiger charge is 2.30. The lowest BCUT2D eigenvalue weighted by molar-refractivity contribution is -0.144. The average Bonchev–Trinajstić information content (AvgIpc) is 2.79. The molecule has 0 saturated carbocycles. The smallest absolute Gasteiger partial charge is 0.408 e. The molecule has 8 nitrogen and oxygen atoms in total. The second-order valence-corrected chi connectivity index (χ2v) is 12.1. The Kier molecular flexibility index (Phi) is 11.4. The van der Waals surface area contributed by atoms with E-state index in [1.54, 1.807) is 69.3 Å². The summed E-state index contributed by atoms with van der Waals surface area (Å²) in [6, 6.07) is 12.8. The highest BCUT2D eigenvalue weighted by molar-refractivity contribution is 8.07. The molecule has 0 heterocycles. The van der Waals surface area contributed by atoms with Gasteiger partial charge >= 0.3 is 18.8 Å². The Morgan fingerprint density at radius 3 is 1.77 bits per heavy atom. The summed E-state index contributed by atoms with van der Waals surface area (Å²) in [5.74, 6) is -0.743. The molecule has 192 valence electrons. The zero-order chi connectivity index (χ0) is 26.1. The number of methoxy groups -OCH3 is 1. The first-order valence-corrected chi connectivity index (χ1v) is 13.8. The van der Waals surface area contributed by atoms with Crippen molar-refractivity contribution in [3.8, 4) is 0 Å². The van der Waals surface area contributed by atoms with Gasteiger partial charge in [-0.05, 0) is 68.0 Å². The van der Waals surface area contributed by atoms with E-state index < -0.39 is 30.4 Å². The Bertz CT molecular complexity index is 976. The summed E-state index contributed by atoms with van der Waals surface area (Å²) in [6.45, 7) is 1.51. The van der Waals surface area contributed by atoms with Crippen LogP contribution in [0.1, 0.15) is 31.9 Å². The normalized spacial score (nSPS) is 12.6. The minimum absolute atomic E-state index is 0.0808. The highest BCUT2D eigenvalue weighted by Crippen LogP contribution is 2.51. The maximum absolute atomic E-state index is 12.3. The number of hydrogen-bond acceptors (Lipinski definition) is 8. The molecule has 35 heavy (non-hydrogen) atoms. The largest absolute Gasteiger partial charge is 0.467 e. The van der Waals surface area contributed by atoms with Gasteiger partial charge in [0.25, 0.3) is 0 Å². The molecule has 0 spiro atoms. The van der Waals surface area contributed by atoms with E-state index in [1.165, 1.54) is 7.11 Å². The molecule has 0 unspecified atom stereocenters. The van der Waals surface area contributed by atoms with Gasteiger partial charge < -0.3 is 28.4 Å². The molecule has 0 fully saturated rings. The van der Waals surface area contributed by atoms with E-state index in [0.717, 1.165) is 11.1 Å². The van der Waals surface area contributed by atoms with Crippen molar-refractivity contribution < 1.29 is 32.6 Å². The van der Waals surface area contributed by atoms with Crippen LogP contribution in [0.25, 0.3) is 0 Å². The van der Waals surface area contributed by atoms with E-state index in [1.807, 2.05) is 0 Å². The molecule has 12 heteroatoms. The van der Waals surface area contributed by atoms with Gasteiger partial charge in [0.2, 0.25) is 0 Å². The number of carbonyl (C=O) groups is 2. The monoisotopic (exact) mass is 563 g/mol.